The molecule has 92 valence electrons. The predicted octanol–water partition coefficient (Wildman–Crippen LogP) is 1.35. The van der Waals surface area contributed by atoms with Gasteiger partial charge in [0, 0.05) is 0 Å². The second-order valence-corrected chi connectivity index (χ2v) is 5.48. The van der Waals surface area contributed by atoms with Gasteiger partial charge in [-0.05, 0) is 32.6 Å². The third-order valence-electron chi connectivity index (χ3n) is 2.76. The molecule has 0 aromatic carbocycles. The lowest BCUT2D eigenvalue weighted by Gasteiger charge is -2.12. The Bertz CT molecular complexity index is 465. The van der Waals surface area contributed by atoms with Gasteiger partial charge in [0.1, 0.15) is 10.9 Å². The molecule has 0 saturated heterocycles. The summed E-state index contributed by atoms with van der Waals surface area (Å²) in [4.78, 5) is 27.6. The molecule has 2 rings (SSSR count). The van der Waals surface area contributed by atoms with Crippen molar-refractivity contribution in [2.45, 2.75) is 32.7 Å². The maximum absolute atomic E-state index is 11.9. The normalized spacial score (nSPS) is 16.6. The second-order valence-electron chi connectivity index (χ2n) is 4.27. The third-order valence-corrected chi connectivity index (χ3v) is 3.83. The minimum atomic E-state index is -0.959. The van der Waals surface area contributed by atoms with Gasteiger partial charge in [-0.2, -0.15) is 0 Å². The smallest absolute Gasteiger partial charge is 0.326 e. The summed E-state index contributed by atoms with van der Waals surface area (Å²) in [7, 11) is 0. The molecule has 0 radical (unpaired) electrons. The van der Waals surface area contributed by atoms with Gasteiger partial charge in [-0.15, -0.1) is 11.3 Å². The number of nitrogens with one attached hydrogen (secondary N) is 1. The molecule has 1 unspecified atom stereocenters. The number of carbonyl (C=O) groups excluding carboxylic acids is 1. The van der Waals surface area contributed by atoms with Crippen molar-refractivity contribution in [3.63, 3.8) is 0 Å². The first kappa shape index (κ1) is 12.0. The van der Waals surface area contributed by atoms with Crippen molar-refractivity contribution in [1.29, 1.82) is 0 Å². The highest BCUT2D eigenvalue weighted by Gasteiger charge is 2.37. The lowest BCUT2D eigenvalue weighted by molar-refractivity contribution is -0.139. The average molecular weight is 254 g/mol. The van der Waals surface area contributed by atoms with E-state index in [9.17, 15) is 9.59 Å². The summed E-state index contributed by atoms with van der Waals surface area (Å²) in [5.74, 6) is -1.20. The van der Waals surface area contributed by atoms with Gasteiger partial charge in [-0.1, -0.05) is 0 Å². The van der Waals surface area contributed by atoms with Crippen LogP contribution in [0.1, 0.15) is 33.2 Å². The van der Waals surface area contributed by atoms with Gasteiger partial charge in [-0.25, -0.2) is 9.78 Å². The van der Waals surface area contributed by atoms with E-state index in [2.05, 4.69) is 10.3 Å². The van der Waals surface area contributed by atoms with Crippen LogP contribution in [0.15, 0.2) is 0 Å². The van der Waals surface area contributed by atoms with E-state index in [4.69, 9.17) is 5.11 Å². The number of thiazole rings is 1. The average Bonchev–Trinajstić information content (AvgIpc) is 3.00. The molecule has 0 bridgehead atoms. The number of carboxylic acids is 1. The summed E-state index contributed by atoms with van der Waals surface area (Å²) >= 11 is 1.29. The van der Waals surface area contributed by atoms with Crippen LogP contribution in [0, 0.1) is 19.8 Å². The molecule has 1 heterocycles. The highest BCUT2D eigenvalue weighted by atomic mass is 32.1. The number of nitrogens with zero attached hydrogens (tertiary/aromatic N) is 1. The number of carbonyl (C=O) groups is 2. The quantitative estimate of drug-likeness (QED) is 0.850. The molecule has 0 aliphatic heterocycles. The number of hydrogen-bond acceptors (Lipinski definition) is 4. The van der Waals surface area contributed by atoms with E-state index in [0.717, 1.165) is 17.8 Å². The van der Waals surface area contributed by atoms with Gasteiger partial charge in [0.2, 0.25) is 0 Å². The van der Waals surface area contributed by atoms with Gasteiger partial charge in [0.25, 0.3) is 5.91 Å². The molecule has 0 spiro atoms. The molecule has 6 heteroatoms. The Morgan fingerprint density at radius 2 is 2.12 bits per heavy atom. The minimum absolute atomic E-state index is 0.0887. The molecule has 1 saturated carbocycles. The van der Waals surface area contributed by atoms with E-state index in [0.29, 0.717) is 10.6 Å². The van der Waals surface area contributed by atoms with Crippen LogP contribution >= 0.6 is 11.3 Å². The Labute approximate surface area is 103 Å². The number of aryl methyl sites for hydroxylation is 2. The van der Waals surface area contributed by atoms with Gasteiger partial charge in [0.15, 0.2) is 0 Å². The Morgan fingerprint density at radius 1 is 1.47 bits per heavy atom. The van der Waals surface area contributed by atoms with Crippen LogP contribution in [0.5, 0.6) is 0 Å². The van der Waals surface area contributed by atoms with Crippen LogP contribution in [-0.4, -0.2) is 28.0 Å². The Hall–Kier alpha value is -1.43. The Kier molecular flexibility index (Phi) is 3.15. The third kappa shape index (κ3) is 2.63. The maximum Gasteiger partial charge on any atom is 0.326 e. The van der Waals surface area contributed by atoms with Crippen molar-refractivity contribution in [2.75, 3.05) is 0 Å². The van der Waals surface area contributed by atoms with Gasteiger partial charge < -0.3 is 10.4 Å². The molecule has 17 heavy (non-hydrogen) atoms. The van der Waals surface area contributed by atoms with Crippen molar-refractivity contribution in [1.82, 2.24) is 10.3 Å². The van der Waals surface area contributed by atoms with Crippen LogP contribution in [0.4, 0.5) is 0 Å². The van der Waals surface area contributed by atoms with Crippen LogP contribution in [0.25, 0.3) is 0 Å². The summed E-state index contributed by atoms with van der Waals surface area (Å²) in [6.45, 7) is 3.58. The lowest BCUT2D eigenvalue weighted by Crippen LogP contribution is -2.42. The first-order valence-corrected chi connectivity index (χ1v) is 6.28. The van der Waals surface area contributed by atoms with Crippen molar-refractivity contribution in [2.24, 2.45) is 5.92 Å². The summed E-state index contributed by atoms with van der Waals surface area (Å²) in [6.07, 6.45) is 1.75. The monoisotopic (exact) mass is 254 g/mol. The van der Waals surface area contributed by atoms with E-state index < -0.39 is 12.0 Å². The zero-order valence-corrected chi connectivity index (χ0v) is 10.5. The standard InChI is InChI=1S/C11H14N2O3S/c1-5-9(17-6(2)12-5)10(14)13-8(11(15)16)7-3-4-7/h7-8H,3-4H2,1-2H3,(H,13,14)(H,15,16). The van der Waals surface area contributed by atoms with E-state index in [1.165, 1.54) is 11.3 Å². The molecule has 2 N–H and O–H groups in total. The summed E-state index contributed by atoms with van der Waals surface area (Å²) in [5, 5.41) is 12.4. The molecule has 1 aromatic heterocycles. The number of rotatable bonds is 4. The van der Waals surface area contributed by atoms with Gasteiger partial charge in [0.05, 0.1) is 10.7 Å². The number of amides is 1. The zero-order valence-electron chi connectivity index (χ0n) is 9.69. The molecule has 1 fully saturated rings. The molecular formula is C11H14N2O3S. The van der Waals surface area contributed by atoms with E-state index in [1.807, 2.05) is 6.92 Å². The molecule has 5 nitrogen and oxygen atoms in total. The fraction of sp³-hybridized carbons (Fsp3) is 0.545. The topological polar surface area (TPSA) is 79.3 Å². The molecular weight excluding hydrogens is 240 g/mol. The molecule has 1 aromatic rings. The molecule has 1 atom stereocenters. The van der Waals surface area contributed by atoms with Crippen molar-refractivity contribution in [3.8, 4) is 0 Å². The first-order valence-electron chi connectivity index (χ1n) is 5.46. The summed E-state index contributed by atoms with van der Waals surface area (Å²) in [5.41, 5.74) is 0.657. The second kappa shape index (κ2) is 4.44. The molecule has 1 aliphatic carbocycles. The minimum Gasteiger partial charge on any atom is -0.480 e. The molecule has 1 amide bonds. The van der Waals surface area contributed by atoms with Gasteiger partial charge >= 0.3 is 5.97 Å². The number of aliphatic carboxylic acids is 1. The number of hydrogen-bond donors (Lipinski definition) is 2. The van der Waals surface area contributed by atoms with Crippen molar-refractivity contribution < 1.29 is 14.7 Å². The number of aromatic nitrogens is 1. The van der Waals surface area contributed by atoms with Crippen LogP contribution in [0.2, 0.25) is 0 Å². The van der Waals surface area contributed by atoms with E-state index in [-0.39, 0.29) is 11.8 Å². The predicted molar refractivity (Wildman–Crippen MR) is 63.2 cm³/mol. The molecule has 1 aliphatic rings. The first-order chi connectivity index (χ1) is 7.99. The van der Waals surface area contributed by atoms with Crippen LogP contribution < -0.4 is 5.32 Å². The highest BCUT2D eigenvalue weighted by molar-refractivity contribution is 7.13. The summed E-state index contributed by atoms with van der Waals surface area (Å²) in [6, 6.07) is -0.760. The number of carboxylic acid groups (broad SMARTS) is 1. The maximum atomic E-state index is 11.9. The van der Waals surface area contributed by atoms with Crippen molar-refractivity contribution in [3.05, 3.63) is 15.6 Å². The highest BCUT2D eigenvalue weighted by Crippen LogP contribution is 2.33. The van der Waals surface area contributed by atoms with Gasteiger partial charge in [-0.3, -0.25) is 4.79 Å². The van der Waals surface area contributed by atoms with Crippen molar-refractivity contribution >= 4 is 23.2 Å². The Morgan fingerprint density at radius 3 is 2.53 bits per heavy atom. The van der Waals surface area contributed by atoms with Crippen LogP contribution in [-0.2, 0) is 4.79 Å². The largest absolute Gasteiger partial charge is 0.480 e. The zero-order chi connectivity index (χ0) is 12.6. The van der Waals surface area contributed by atoms with Crippen LogP contribution in [0.3, 0.4) is 0 Å². The Balaban J connectivity index is 2.10. The fourth-order valence-electron chi connectivity index (χ4n) is 1.76. The van der Waals surface area contributed by atoms with E-state index >= 15 is 0 Å². The summed E-state index contributed by atoms with van der Waals surface area (Å²) < 4.78 is 0. The van der Waals surface area contributed by atoms with E-state index in [1.54, 1.807) is 6.92 Å². The fourth-order valence-corrected chi connectivity index (χ4v) is 2.58. The SMILES string of the molecule is Cc1nc(C)c(C(=O)NC(C(=O)O)C2CC2)s1. The lowest BCUT2D eigenvalue weighted by atomic mass is 10.2.